The van der Waals surface area contributed by atoms with Crippen LogP contribution in [0.15, 0.2) is 18.2 Å². The molecule has 0 atom stereocenters. The maximum Gasteiger partial charge on any atom is 0.342 e. The lowest BCUT2D eigenvalue weighted by Crippen LogP contribution is -2.06. The molecule has 1 aromatic carbocycles. The van der Waals surface area contributed by atoms with Gasteiger partial charge >= 0.3 is 5.97 Å². The molecule has 80 valence electrons. The fourth-order valence-electron chi connectivity index (χ4n) is 1.23. The van der Waals surface area contributed by atoms with Crippen LogP contribution in [0.4, 0.5) is 5.69 Å². The molecule has 0 fully saturated rings. The smallest absolute Gasteiger partial charge is 0.342 e. The molecule has 0 aromatic heterocycles. The highest BCUT2D eigenvalue weighted by Crippen LogP contribution is 2.20. The van der Waals surface area contributed by atoms with Crippen LogP contribution >= 0.6 is 0 Å². The van der Waals surface area contributed by atoms with E-state index in [-0.39, 0.29) is 5.56 Å². The van der Waals surface area contributed by atoms with E-state index in [0.717, 1.165) is 0 Å². The van der Waals surface area contributed by atoms with E-state index in [9.17, 15) is 14.9 Å². The highest BCUT2D eigenvalue weighted by molar-refractivity contribution is 5.92. The van der Waals surface area contributed by atoms with Gasteiger partial charge in [0.25, 0.3) is 5.69 Å². The van der Waals surface area contributed by atoms with Crippen LogP contribution in [-0.4, -0.2) is 22.5 Å². The molecule has 15 heavy (non-hydrogen) atoms. The van der Waals surface area contributed by atoms with Crippen molar-refractivity contribution in [2.24, 2.45) is 5.73 Å². The molecule has 3 N–H and O–H groups in total. The van der Waals surface area contributed by atoms with Crippen molar-refractivity contribution >= 4 is 11.7 Å². The summed E-state index contributed by atoms with van der Waals surface area (Å²) in [6.07, 6.45) is 0.487. The Kier molecular flexibility index (Phi) is 3.35. The van der Waals surface area contributed by atoms with Gasteiger partial charge in [0.05, 0.1) is 4.92 Å². The first-order chi connectivity index (χ1) is 7.06. The Morgan fingerprint density at radius 3 is 2.67 bits per heavy atom. The van der Waals surface area contributed by atoms with Crippen LogP contribution < -0.4 is 5.73 Å². The third-order valence-corrected chi connectivity index (χ3v) is 1.92. The van der Waals surface area contributed by atoms with E-state index in [2.05, 4.69) is 0 Å². The van der Waals surface area contributed by atoms with E-state index in [0.29, 0.717) is 18.5 Å². The van der Waals surface area contributed by atoms with Gasteiger partial charge in [-0.05, 0) is 24.6 Å². The summed E-state index contributed by atoms with van der Waals surface area (Å²) in [6, 6.07) is 4.01. The van der Waals surface area contributed by atoms with Crippen LogP contribution in [0.25, 0.3) is 0 Å². The number of aromatic carboxylic acids is 1. The predicted octanol–water partition coefficient (Wildman–Crippen LogP) is 0.794. The summed E-state index contributed by atoms with van der Waals surface area (Å²) in [7, 11) is 0. The van der Waals surface area contributed by atoms with Crippen molar-refractivity contribution in [1.29, 1.82) is 0 Å². The second kappa shape index (κ2) is 4.52. The van der Waals surface area contributed by atoms with Gasteiger partial charge in [-0.15, -0.1) is 0 Å². The molecule has 0 aliphatic heterocycles. The van der Waals surface area contributed by atoms with Gasteiger partial charge in [-0.3, -0.25) is 10.1 Å². The Bertz CT molecular complexity index is 403. The fraction of sp³-hybridized carbons (Fsp3) is 0.222. The number of nitrogens with zero attached hydrogens (tertiary/aromatic N) is 1. The van der Waals surface area contributed by atoms with E-state index in [4.69, 9.17) is 10.8 Å². The molecule has 0 radical (unpaired) electrons. The van der Waals surface area contributed by atoms with Gasteiger partial charge in [0, 0.05) is 6.07 Å². The Morgan fingerprint density at radius 2 is 2.20 bits per heavy atom. The number of hydrogen-bond donors (Lipinski definition) is 2. The molecule has 0 heterocycles. The Morgan fingerprint density at radius 1 is 1.53 bits per heavy atom. The Labute approximate surface area is 85.5 Å². The van der Waals surface area contributed by atoms with Gasteiger partial charge in [-0.1, -0.05) is 6.07 Å². The minimum Gasteiger partial charge on any atom is -0.477 e. The highest BCUT2D eigenvalue weighted by atomic mass is 16.6. The monoisotopic (exact) mass is 210 g/mol. The third-order valence-electron chi connectivity index (χ3n) is 1.92. The van der Waals surface area contributed by atoms with Crippen molar-refractivity contribution < 1.29 is 14.8 Å². The second-order valence-electron chi connectivity index (χ2n) is 2.95. The first-order valence-electron chi connectivity index (χ1n) is 4.27. The Balaban J connectivity index is 3.21. The van der Waals surface area contributed by atoms with Crippen molar-refractivity contribution in [3.05, 3.63) is 39.4 Å². The SMILES string of the molecule is NCCc1ccc(C(=O)O)c([N+](=O)[O-])c1. The van der Waals surface area contributed by atoms with Gasteiger partial charge in [0.1, 0.15) is 5.56 Å². The number of rotatable bonds is 4. The second-order valence-corrected chi connectivity index (χ2v) is 2.95. The molecular weight excluding hydrogens is 200 g/mol. The molecular formula is C9H10N2O4. The fourth-order valence-corrected chi connectivity index (χ4v) is 1.23. The summed E-state index contributed by atoms with van der Waals surface area (Å²) < 4.78 is 0. The molecule has 1 rings (SSSR count). The van der Waals surface area contributed by atoms with Gasteiger partial charge in [-0.25, -0.2) is 4.79 Å². The van der Waals surface area contributed by atoms with E-state index in [1.165, 1.54) is 18.2 Å². The Hall–Kier alpha value is -1.95. The molecule has 0 spiro atoms. The van der Waals surface area contributed by atoms with Crippen LogP contribution in [0, 0.1) is 10.1 Å². The quantitative estimate of drug-likeness (QED) is 0.564. The normalized spacial score (nSPS) is 9.93. The summed E-state index contributed by atoms with van der Waals surface area (Å²) in [5, 5.41) is 19.3. The standard InChI is InChI=1S/C9H10N2O4/c10-4-3-6-1-2-7(9(12)13)8(5-6)11(14)15/h1-2,5H,3-4,10H2,(H,12,13). The zero-order valence-electron chi connectivity index (χ0n) is 7.84. The number of carboxylic acid groups (broad SMARTS) is 1. The van der Waals surface area contributed by atoms with Crippen molar-refractivity contribution in [2.45, 2.75) is 6.42 Å². The number of carboxylic acids is 1. The topological polar surface area (TPSA) is 106 Å². The molecule has 0 aliphatic rings. The predicted molar refractivity (Wildman–Crippen MR) is 52.8 cm³/mol. The largest absolute Gasteiger partial charge is 0.477 e. The van der Waals surface area contributed by atoms with Crippen LogP contribution in [-0.2, 0) is 6.42 Å². The number of carbonyl (C=O) groups is 1. The van der Waals surface area contributed by atoms with Crippen molar-refractivity contribution in [3.63, 3.8) is 0 Å². The maximum absolute atomic E-state index is 10.7. The lowest BCUT2D eigenvalue weighted by atomic mass is 10.1. The molecule has 0 amide bonds. The molecule has 1 aromatic rings. The van der Waals surface area contributed by atoms with Gasteiger partial charge in [0.15, 0.2) is 0 Å². The molecule has 0 aliphatic carbocycles. The van der Waals surface area contributed by atoms with Crippen LogP contribution in [0.5, 0.6) is 0 Å². The summed E-state index contributed by atoms with van der Waals surface area (Å²) in [6.45, 7) is 0.365. The minimum atomic E-state index is -1.30. The first-order valence-corrected chi connectivity index (χ1v) is 4.27. The van der Waals surface area contributed by atoms with Crippen LogP contribution in [0.2, 0.25) is 0 Å². The average molecular weight is 210 g/mol. The number of benzene rings is 1. The molecule has 6 heteroatoms. The maximum atomic E-state index is 10.7. The third kappa shape index (κ3) is 2.50. The van der Waals surface area contributed by atoms with Crippen molar-refractivity contribution in [2.75, 3.05) is 6.54 Å². The average Bonchev–Trinajstić information content (AvgIpc) is 2.17. The van der Waals surface area contributed by atoms with E-state index >= 15 is 0 Å². The van der Waals surface area contributed by atoms with Crippen LogP contribution in [0.3, 0.4) is 0 Å². The van der Waals surface area contributed by atoms with Gasteiger partial charge in [0.2, 0.25) is 0 Å². The highest BCUT2D eigenvalue weighted by Gasteiger charge is 2.19. The zero-order valence-corrected chi connectivity index (χ0v) is 7.84. The summed E-state index contributed by atoms with van der Waals surface area (Å²) in [5.41, 5.74) is 5.26. The molecule has 0 bridgehead atoms. The van der Waals surface area contributed by atoms with Gasteiger partial charge in [-0.2, -0.15) is 0 Å². The minimum absolute atomic E-state index is 0.305. The van der Waals surface area contributed by atoms with E-state index in [1.54, 1.807) is 0 Å². The number of nitrogens with two attached hydrogens (primary N) is 1. The lowest BCUT2D eigenvalue weighted by molar-refractivity contribution is -0.385. The van der Waals surface area contributed by atoms with Gasteiger partial charge < -0.3 is 10.8 Å². The lowest BCUT2D eigenvalue weighted by Gasteiger charge is -2.01. The molecule has 0 saturated heterocycles. The molecule has 0 saturated carbocycles. The molecule has 0 unspecified atom stereocenters. The number of nitro benzene ring substituents is 1. The summed E-state index contributed by atoms with van der Waals surface area (Å²) in [4.78, 5) is 20.6. The van der Waals surface area contributed by atoms with E-state index < -0.39 is 16.6 Å². The summed E-state index contributed by atoms with van der Waals surface area (Å²) in [5.74, 6) is -1.30. The number of nitro groups is 1. The first kappa shape index (κ1) is 11.1. The van der Waals surface area contributed by atoms with E-state index in [1.807, 2.05) is 0 Å². The van der Waals surface area contributed by atoms with Crippen molar-refractivity contribution in [1.82, 2.24) is 0 Å². The summed E-state index contributed by atoms with van der Waals surface area (Å²) >= 11 is 0. The zero-order chi connectivity index (χ0) is 11.4. The molecule has 6 nitrogen and oxygen atoms in total. The van der Waals surface area contributed by atoms with Crippen molar-refractivity contribution in [3.8, 4) is 0 Å². The van der Waals surface area contributed by atoms with Crippen LogP contribution in [0.1, 0.15) is 15.9 Å². The number of hydrogen-bond acceptors (Lipinski definition) is 4.